The third-order valence-corrected chi connectivity index (χ3v) is 3.46. The van der Waals surface area contributed by atoms with Crippen LogP contribution in [0.5, 0.6) is 5.75 Å². The van der Waals surface area contributed by atoms with Gasteiger partial charge in [-0.1, -0.05) is 30.3 Å². The van der Waals surface area contributed by atoms with Gasteiger partial charge >= 0.3 is 0 Å². The Morgan fingerprint density at radius 2 is 1.61 bits per heavy atom. The number of fused-ring (bicyclic) bond motifs is 1. The van der Waals surface area contributed by atoms with Crippen LogP contribution >= 0.6 is 0 Å². The van der Waals surface area contributed by atoms with Crippen LogP contribution in [-0.2, 0) is 0 Å². The second-order valence-corrected chi connectivity index (χ2v) is 5.22. The topological polar surface area (TPSA) is 73.2 Å². The maximum absolute atomic E-state index is 10.0. The van der Waals surface area contributed by atoms with E-state index in [1.807, 2.05) is 42.5 Å². The first kappa shape index (κ1) is 19.7. The standard InChI is InChI=1S/C17H23NO4.ClH/c19-9-7-18(8-10-20)12-16(21)13-22-17-6-5-14-3-1-2-4-15(14)11-17;/h1-6,11,16,19-21H,7-10,12-13H2;1H/p-1. The van der Waals surface area contributed by atoms with E-state index in [0.717, 1.165) is 10.8 Å². The first-order chi connectivity index (χ1) is 10.7. The highest BCUT2D eigenvalue weighted by Crippen LogP contribution is 2.20. The lowest BCUT2D eigenvalue weighted by Crippen LogP contribution is -3.00. The maximum Gasteiger partial charge on any atom is 0.120 e. The molecule has 0 aromatic heterocycles. The van der Waals surface area contributed by atoms with E-state index in [1.54, 1.807) is 4.90 Å². The molecule has 0 aliphatic carbocycles. The van der Waals surface area contributed by atoms with E-state index >= 15 is 0 Å². The minimum absolute atomic E-state index is 0. The van der Waals surface area contributed by atoms with Gasteiger partial charge in [-0.15, -0.1) is 0 Å². The predicted molar refractivity (Wildman–Crippen MR) is 86.1 cm³/mol. The van der Waals surface area contributed by atoms with E-state index in [2.05, 4.69) is 0 Å². The fourth-order valence-electron chi connectivity index (χ4n) is 2.38. The van der Waals surface area contributed by atoms with Gasteiger partial charge < -0.3 is 32.5 Å². The van der Waals surface area contributed by atoms with Gasteiger partial charge in [0.25, 0.3) is 0 Å². The molecule has 0 fully saturated rings. The van der Waals surface area contributed by atoms with Crippen molar-refractivity contribution in [3.63, 3.8) is 0 Å². The largest absolute Gasteiger partial charge is 1.00 e. The van der Waals surface area contributed by atoms with Crippen molar-refractivity contribution in [2.75, 3.05) is 39.5 Å². The van der Waals surface area contributed by atoms with Gasteiger partial charge in [-0.25, -0.2) is 0 Å². The van der Waals surface area contributed by atoms with Crippen LogP contribution in [0.25, 0.3) is 10.8 Å². The van der Waals surface area contributed by atoms with E-state index in [4.69, 9.17) is 14.9 Å². The van der Waals surface area contributed by atoms with Gasteiger partial charge in [0, 0.05) is 19.6 Å². The zero-order chi connectivity index (χ0) is 15.8. The van der Waals surface area contributed by atoms with Crippen LogP contribution in [0.4, 0.5) is 0 Å². The fraction of sp³-hybridized carbons (Fsp3) is 0.412. The first-order valence-electron chi connectivity index (χ1n) is 7.46. The molecule has 0 aliphatic heterocycles. The number of aliphatic hydroxyl groups is 3. The molecule has 2 rings (SSSR count). The van der Waals surface area contributed by atoms with Crippen molar-refractivity contribution in [3.05, 3.63) is 42.5 Å². The van der Waals surface area contributed by atoms with Crippen LogP contribution in [0.1, 0.15) is 0 Å². The molecule has 5 nitrogen and oxygen atoms in total. The number of nitrogens with zero attached hydrogens (tertiary/aromatic N) is 1. The van der Waals surface area contributed by atoms with Gasteiger partial charge in [0.05, 0.1) is 13.2 Å². The van der Waals surface area contributed by atoms with Crippen molar-refractivity contribution in [1.82, 2.24) is 4.90 Å². The molecular weight excluding hydrogens is 318 g/mol. The summed E-state index contributed by atoms with van der Waals surface area (Å²) in [6.45, 7) is 1.37. The summed E-state index contributed by atoms with van der Waals surface area (Å²) in [5.74, 6) is 0.716. The Bertz CT molecular complexity index is 575. The Hall–Kier alpha value is -1.37. The predicted octanol–water partition coefficient (Wildman–Crippen LogP) is -2.13. The molecule has 6 heteroatoms. The fourth-order valence-corrected chi connectivity index (χ4v) is 2.38. The smallest absolute Gasteiger partial charge is 0.120 e. The number of hydrogen-bond donors (Lipinski definition) is 3. The maximum atomic E-state index is 10.0. The molecule has 23 heavy (non-hydrogen) atoms. The van der Waals surface area contributed by atoms with Crippen molar-refractivity contribution in [2.24, 2.45) is 0 Å². The quantitative estimate of drug-likeness (QED) is 0.486. The second-order valence-electron chi connectivity index (χ2n) is 5.22. The number of hydrogen-bond acceptors (Lipinski definition) is 5. The third kappa shape index (κ3) is 6.33. The van der Waals surface area contributed by atoms with Gasteiger partial charge in [-0.2, -0.15) is 0 Å². The highest BCUT2D eigenvalue weighted by atomic mass is 35.5. The van der Waals surface area contributed by atoms with Crippen LogP contribution in [-0.4, -0.2) is 65.8 Å². The summed E-state index contributed by atoms with van der Waals surface area (Å²) in [6.07, 6.45) is -0.676. The van der Waals surface area contributed by atoms with Gasteiger partial charge in [-0.3, -0.25) is 4.90 Å². The molecule has 1 atom stereocenters. The summed E-state index contributed by atoms with van der Waals surface area (Å²) < 4.78 is 5.63. The zero-order valence-corrected chi connectivity index (χ0v) is 13.7. The van der Waals surface area contributed by atoms with Crippen LogP contribution in [0.15, 0.2) is 42.5 Å². The molecule has 0 spiro atoms. The summed E-state index contributed by atoms with van der Waals surface area (Å²) in [6, 6.07) is 13.8. The minimum atomic E-state index is -0.676. The summed E-state index contributed by atoms with van der Waals surface area (Å²) >= 11 is 0. The van der Waals surface area contributed by atoms with Crippen LogP contribution in [0, 0.1) is 0 Å². The van der Waals surface area contributed by atoms with E-state index in [-0.39, 0.29) is 32.2 Å². The van der Waals surface area contributed by atoms with E-state index in [9.17, 15) is 5.11 Å². The summed E-state index contributed by atoms with van der Waals surface area (Å²) in [4.78, 5) is 1.80. The Morgan fingerprint density at radius 3 is 2.26 bits per heavy atom. The number of halogens is 1. The number of rotatable bonds is 9. The lowest BCUT2D eigenvalue weighted by molar-refractivity contribution is -0.0000112. The van der Waals surface area contributed by atoms with Crippen molar-refractivity contribution in [3.8, 4) is 5.75 Å². The van der Waals surface area contributed by atoms with Gasteiger partial charge in [0.2, 0.25) is 0 Å². The molecule has 3 N–H and O–H groups in total. The molecule has 2 aromatic rings. The highest BCUT2D eigenvalue weighted by molar-refractivity contribution is 5.83. The summed E-state index contributed by atoms with van der Waals surface area (Å²) in [5.41, 5.74) is 0. The van der Waals surface area contributed by atoms with E-state index in [0.29, 0.717) is 25.4 Å². The second kappa shape index (κ2) is 10.4. The minimum Gasteiger partial charge on any atom is -1.00 e. The summed E-state index contributed by atoms with van der Waals surface area (Å²) in [7, 11) is 0. The number of aliphatic hydroxyl groups excluding tert-OH is 3. The van der Waals surface area contributed by atoms with Crippen LogP contribution < -0.4 is 17.1 Å². The molecule has 0 saturated carbocycles. The lowest BCUT2D eigenvalue weighted by atomic mass is 10.1. The van der Waals surface area contributed by atoms with Gasteiger partial charge in [-0.05, 0) is 22.9 Å². The van der Waals surface area contributed by atoms with Crippen molar-refractivity contribution in [2.45, 2.75) is 6.10 Å². The third-order valence-electron chi connectivity index (χ3n) is 3.46. The molecule has 0 saturated heterocycles. The molecule has 0 radical (unpaired) electrons. The zero-order valence-electron chi connectivity index (χ0n) is 12.9. The molecule has 0 amide bonds. The molecule has 1 unspecified atom stereocenters. The number of ether oxygens (including phenoxy) is 1. The molecule has 0 heterocycles. The lowest BCUT2D eigenvalue weighted by Gasteiger charge is -2.23. The van der Waals surface area contributed by atoms with E-state index < -0.39 is 6.10 Å². The van der Waals surface area contributed by atoms with Crippen molar-refractivity contribution >= 4 is 10.8 Å². The Kier molecular flexibility index (Phi) is 8.91. The van der Waals surface area contributed by atoms with Crippen LogP contribution in [0.3, 0.4) is 0 Å². The van der Waals surface area contributed by atoms with Crippen molar-refractivity contribution < 1.29 is 32.5 Å². The SMILES string of the molecule is OCCN(CCO)CC(O)COc1ccc2ccccc2c1.[Cl-]. The first-order valence-corrected chi connectivity index (χ1v) is 7.46. The van der Waals surface area contributed by atoms with Gasteiger partial charge in [0.1, 0.15) is 18.5 Å². The molecule has 0 bridgehead atoms. The van der Waals surface area contributed by atoms with E-state index in [1.165, 1.54) is 0 Å². The average Bonchev–Trinajstić information content (AvgIpc) is 2.53. The monoisotopic (exact) mass is 340 g/mol. The Balaban J connectivity index is 0.00000264. The molecule has 2 aromatic carbocycles. The molecule has 0 aliphatic rings. The normalized spacial score (nSPS) is 12.2. The molecule has 128 valence electrons. The summed E-state index contributed by atoms with van der Waals surface area (Å²) in [5, 5.41) is 30.2. The highest BCUT2D eigenvalue weighted by Gasteiger charge is 2.12. The molecular formula is C17H23ClNO4-. The average molecular weight is 341 g/mol. The van der Waals surface area contributed by atoms with Crippen LogP contribution in [0.2, 0.25) is 0 Å². The Morgan fingerprint density at radius 1 is 0.957 bits per heavy atom. The Labute approximate surface area is 142 Å². The van der Waals surface area contributed by atoms with Gasteiger partial charge in [0.15, 0.2) is 0 Å². The number of benzene rings is 2. The van der Waals surface area contributed by atoms with Crippen molar-refractivity contribution in [1.29, 1.82) is 0 Å².